The van der Waals surface area contributed by atoms with Gasteiger partial charge in [0.05, 0.1) is 26.3 Å². The molecule has 120 valence electrons. The topological polar surface area (TPSA) is 107 Å². The lowest BCUT2D eigenvalue weighted by molar-refractivity contribution is -0.139. The van der Waals surface area contributed by atoms with Gasteiger partial charge in [-0.05, 0) is 12.1 Å². The third-order valence-corrected chi connectivity index (χ3v) is 3.76. The summed E-state index contributed by atoms with van der Waals surface area (Å²) in [5, 5.41) is 2.76. The molecule has 0 aliphatic carbocycles. The highest BCUT2D eigenvalue weighted by atomic mass is 32.1. The summed E-state index contributed by atoms with van der Waals surface area (Å²) < 4.78 is 9.21. The number of rotatable bonds is 5. The van der Waals surface area contributed by atoms with E-state index in [4.69, 9.17) is 0 Å². The van der Waals surface area contributed by atoms with Crippen molar-refractivity contribution in [1.29, 1.82) is 0 Å². The summed E-state index contributed by atoms with van der Waals surface area (Å²) in [6.45, 7) is 0. The first-order valence-electron chi connectivity index (χ1n) is 6.41. The smallest absolute Gasteiger partial charge is 0.350 e. The number of methoxy groups -OCH3 is 2. The Labute approximate surface area is 135 Å². The van der Waals surface area contributed by atoms with Gasteiger partial charge in [-0.1, -0.05) is 11.3 Å². The van der Waals surface area contributed by atoms with Crippen LogP contribution in [0.3, 0.4) is 0 Å². The number of amides is 1. The van der Waals surface area contributed by atoms with Gasteiger partial charge in [0.2, 0.25) is 0 Å². The first kappa shape index (κ1) is 16.6. The second kappa shape index (κ2) is 7.45. The number of carbonyl (C=O) groups excluding carboxylic acids is 3. The Kier molecular flexibility index (Phi) is 5.36. The quantitative estimate of drug-likeness (QED) is 0.820. The molecule has 0 unspecified atom stereocenters. The molecule has 0 fully saturated rings. The van der Waals surface area contributed by atoms with Gasteiger partial charge in [0.15, 0.2) is 5.13 Å². The number of thiazole rings is 1. The van der Waals surface area contributed by atoms with E-state index in [9.17, 15) is 14.4 Å². The molecule has 0 saturated heterocycles. The van der Waals surface area contributed by atoms with Gasteiger partial charge in [0.25, 0.3) is 5.91 Å². The van der Waals surface area contributed by atoms with Crippen LogP contribution in [0.15, 0.2) is 24.5 Å². The summed E-state index contributed by atoms with van der Waals surface area (Å²) in [4.78, 5) is 43.3. The maximum absolute atomic E-state index is 12.1. The molecule has 0 bridgehead atoms. The van der Waals surface area contributed by atoms with Crippen molar-refractivity contribution in [3.63, 3.8) is 0 Å². The van der Waals surface area contributed by atoms with Crippen LogP contribution in [-0.2, 0) is 20.7 Å². The van der Waals surface area contributed by atoms with Crippen molar-refractivity contribution >= 4 is 34.3 Å². The Bertz CT molecular complexity index is 729. The predicted octanol–water partition coefficient (Wildman–Crippen LogP) is 1.29. The number of carbonyl (C=O) groups is 3. The van der Waals surface area contributed by atoms with E-state index in [0.717, 1.165) is 11.3 Å². The summed E-state index contributed by atoms with van der Waals surface area (Å²) in [6, 6.07) is 3.08. The lowest BCUT2D eigenvalue weighted by atomic mass is 10.2. The molecule has 0 aliphatic heterocycles. The fraction of sp³-hybridized carbons (Fsp3) is 0.214. The van der Waals surface area contributed by atoms with Crippen molar-refractivity contribution in [3.8, 4) is 0 Å². The zero-order valence-corrected chi connectivity index (χ0v) is 13.2. The zero-order chi connectivity index (χ0) is 16.8. The van der Waals surface area contributed by atoms with Crippen molar-refractivity contribution < 1.29 is 23.9 Å². The minimum absolute atomic E-state index is 0.142. The molecule has 8 nitrogen and oxygen atoms in total. The lowest BCUT2D eigenvalue weighted by Gasteiger charge is -2.00. The van der Waals surface area contributed by atoms with Gasteiger partial charge in [0, 0.05) is 18.0 Å². The molecule has 0 aliphatic rings. The normalized spacial score (nSPS) is 10.0. The minimum atomic E-state index is -0.634. The molecule has 0 atom stereocenters. The van der Waals surface area contributed by atoms with Gasteiger partial charge < -0.3 is 9.47 Å². The number of ether oxygens (including phenoxy) is 2. The maximum Gasteiger partial charge on any atom is 0.350 e. The van der Waals surface area contributed by atoms with Crippen molar-refractivity contribution in [2.24, 2.45) is 0 Å². The van der Waals surface area contributed by atoms with Crippen LogP contribution in [0.2, 0.25) is 0 Å². The van der Waals surface area contributed by atoms with E-state index < -0.39 is 17.8 Å². The van der Waals surface area contributed by atoms with E-state index in [0.29, 0.717) is 5.56 Å². The van der Waals surface area contributed by atoms with Gasteiger partial charge in [-0.25, -0.2) is 9.78 Å². The zero-order valence-electron chi connectivity index (χ0n) is 12.4. The number of nitrogens with zero attached hydrogens (tertiary/aromatic N) is 2. The second-order valence-corrected chi connectivity index (χ2v) is 5.23. The van der Waals surface area contributed by atoms with Crippen LogP contribution in [0, 0.1) is 0 Å². The average Bonchev–Trinajstić information content (AvgIpc) is 2.96. The number of anilines is 1. The number of nitrogens with one attached hydrogen (secondary N) is 1. The molecular formula is C14H13N3O5S. The Balaban J connectivity index is 2.24. The largest absolute Gasteiger partial charge is 0.469 e. The minimum Gasteiger partial charge on any atom is -0.469 e. The highest BCUT2D eigenvalue weighted by Crippen LogP contribution is 2.25. The molecular weight excluding hydrogens is 322 g/mol. The summed E-state index contributed by atoms with van der Waals surface area (Å²) in [5.74, 6) is -1.58. The Hall–Kier alpha value is -2.81. The molecule has 0 aromatic carbocycles. The summed E-state index contributed by atoms with van der Waals surface area (Å²) in [5.41, 5.74) is 0.586. The molecule has 23 heavy (non-hydrogen) atoms. The van der Waals surface area contributed by atoms with E-state index in [1.807, 2.05) is 0 Å². The van der Waals surface area contributed by atoms with Crippen LogP contribution in [0.1, 0.15) is 25.7 Å². The Morgan fingerprint density at radius 1 is 1.17 bits per heavy atom. The van der Waals surface area contributed by atoms with Gasteiger partial charge in [-0.3, -0.25) is 19.9 Å². The fourth-order valence-electron chi connectivity index (χ4n) is 1.66. The van der Waals surface area contributed by atoms with E-state index in [2.05, 4.69) is 24.8 Å². The third-order valence-electron chi connectivity index (χ3n) is 2.77. The van der Waals surface area contributed by atoms with Crippen molar-refractivity contribution in [2.45, 2.75) is 6.42 Å². The van der Waals surface area contributed by atoms with Gasteiger partial charge in [-0.15, -0.1) is 0 Å². The maximum atomic E-state index is 12.1. The molecule has 9 heteroatoms. The lowest BCUT2D eigenvalue weighted by Crippen LogP contribution is -2.12. The van der Waals surface area contributed by atoms with Crippen LogP contribution in [0.5, 0.6) is 0 Å². The Morgan fingerprint density at radius 3 is 2.48 bits per heavy atom. The SMILES string of the molecule is COC(=O)Cc1nc(NC(=O)c2ccncc2)sc1C(=O)OC. The predicted molar refractivity (Wildman–Crippen MR) is 81.4 cm³/mol. The first-order valence-corrected chi connectivity index (χ1v) is 7.23. The molecule has 0 radical (unpaired) electrons. The van der Waals surface area contributed by atoms with Gasteiger partial charge >= 0.3 is 11.9 Å². The van der Waals surface area contributed by atoms with Crippen LogP contribution in [-0.4, -0.2) is 42.0 Å². The second-order valence-electron chi connectivity index (χ2n) is 4.23. The number of pyridine rings is 1. The number of hydrogen-bond donors (Lipinski definition) is 1. The number of aromatic nitrogens is 2. The van der Waals surface area contributed by atoms with Gasteiger partial charge in [0.1, 0.15) is 4.88 Å². The van der Waals surface area contributed by atoms with E-state index in [1.165, 1.54) is 26.6 Å². The molecule has 0 saturated carbocycles. The van der Waals surface area contributed by atoms with Crippen molar-refractivity contribution in [3.05, 3.63) is 40.7 Å². The first-order chi connectivity index (χ1) is 11.0. The van der Waals surface area contributed by atoms with Crippen molar-refractivity contribution in [2.75, 3.05) is 19.5 Å². The van der Waals surface area contributed by atoms with E-state index >= 15 is 0 Å². The number of hydrogen-bond acceptors (Lipinski definition) is 8. The molecule has 2 heterocycles. The average molecular weight is 335 g/mol. The fourth-order valence-corrected chi connectivity index (χ4v) is 2.55. The highest BCUT2D eigenvalue weighted by molar-refractivity contribution is 7.17. The van der Waals surface area contributed by atoms with Crippen molar-refractivity contribution in [1.82, 2.24) is 9.97 Å². The molecule has 2 aromatic rings. The van der Waals surface area contributed by atoms with Crippen LogP contribution in [0.25, 0.3) is 0 Å². The molecule has 1 amide bonds. The molecule has 2 rings (SSSR count). The summed E-state index contributed by atoms with van der Waals surface area (Å²) in [6.07, 6.45) is 2.78. The molecule has 1 N–H and O–H groups in total. The van der Waals surface area contributed by atoms with Crippen LogP contribution in [0.4, 0.5) is 5.13 Å². The van der Waals surface area contributed by atoms with E-state index in [1.54, 1.807) is 12.1 Å². The highest BCUT2D eigenvalue weighted by Gasteiger charge is 2.22. The van der Waals surface area contributed by atoms with E-state index in [-0.39, 0.29) is 22.1 Å². The number of esters is 2. The molecule has 2 aromatic heterocycles. The van der Waals surface area contributed by atoms with Crippen LogP contribution >= 0.6 is 11.3 Å². The Morgan fingerprint density at radius 2 is 1.87 bits per heavy atom. The summed E-state index contributed by atoms with van der Waals surface area (Å²) >= 11 is 0.927. The monoisotopic (exact) mass is 335 g/mol. The van der Waals surface area contributed by atoms with Gasteiger partial charge in [-0.2, -0.15) is 0 Å². The molecule has 0 spiro atoms. The summed E-state index contributed by atoms with van der Waals surface area (Å²) in [7, 11) is 2.46. The van der Waals surface area contributed by atoms with Crippen LogP contribution < -0.4 is 5.32 Å². The standard InChI is InChI=1S/C14H13N3O5S/c1-21-10(18)7-9-11(13(20)22-2)23-14(16-9)17-12(19)8-3-5-15-6-4-8/h3-6H,7H2,1-2H3,(H,16,17,19). The third kappa shape index (κ3) is 4.10.